The zero-order valence-corrected chi connectivity index (χ0v) is 11.1. The number of aromatic nitrogens is 2. The Bertz CT molecular complexity index is 562. The molecule has 0 radical (unpaired) electrons. The highest BCUT2D eigenvalue weighted by Gasteiger charge is 2.03. The van der Waals surface area contributed by atoms with E-state index in [2.05, 4.69) is 4.98 Å². The van der Waals surface area contributed by atoms with Gasteiger partial charge in [0.2, 0.25) is 0 Å². The molecular weight excluding hydrogens is 256 g/mol. The van der Waals surface area contributed by atoms with Crippen molar-refractivity contribution in [1.29, 1.82) is 0 Å². The van der Waals surface area contributed by atoms with Crippen molar-refractivity contribution in [2.24, 2.45) is 0 Å². The minimum absolute atomic E-state index is 0.0409. The largest absolute Gasteiger partial charge is 0.313 e. The number of nitrogens with zero attached hydrogens (tertiary/aromatic N) is 2. The van der Waals surface area contributed by atoms with Crippen LogP contribution in [0.3, 0.4) is 0 Å². The number of alkyl halides is 1. The van der Waals surface area contributed by atoms with Crippen LogP contribution in [0.5, 0.6) is 0 Å². The molecule has 5 heteroatoms. The quantitative estimate of drug-likeness (QED) is 0.799. The van der Waals surface area contributed by atoms with E-state index < -0.39 is 0 Å². The second-order valence-corrected chi connectivity index (χ2v) is 4.98. The molecule has 0 spiro atoms. The maximum Gasteiger partial charge on any atom is 0.250 e. The molecule has 0 bridgehead atoms. The molecule has 0 N–H and O–H groups in total. The molecule has 0 amide bonds. The van der Waals surface area contributed by atoms with Crippen LogP contribution in [0, 0.1) is 6.92 Å². The van der Waals surface area contributed by atoms with Gasteiger partial charge in [0.25, 0.3) is 5.56 Å². The van der Waals surface area contributed by atoms with Crippen LogP contribution in [0.4, 0.5) is 0 Å². The second-order valence-electron chi connectivity index (χ2n) is 3.77. The van der Waals surface area contributed by atoms with E-state index >= 15 is 0 Å². The third kappa shape index (κ3) is 2.96. The number of rotatable bonds is 4. The molecule has 0 fully saturated rings. The first kappa shape index (κ1) is 12.3. The van der Waals surface area contributed by atoms with Crippen molar-refractivity contribution in [1.82, 2.24) is 9.55 Å². The Kier molecular flexibility index (Phi) is 3.97. The molecule has 2 aromatic heterocycles. The van der Waals surface area contributed by atoms with Crippen molar-refractivity contribution in [2.45, 2.75) is 25.8 Å². The lowest BCUT2D eigenvalue weighted by atomic mass is 10.3. The lowest BCUT2D eigenvalue weighted by Gasteiger charge is -2.07. The fourth-order valence-corrected chi connectivity index (χ4v) is 2.66. The van der Waals surface area contributed by atoms with Crippen molar-refractivity contribution in [3.05, 3.63) is 50.3 Å². The van der Waals surface area contributed by atoms with Crippen molar-refractivity contribution >= 4 is 22.9 Å². The Balaban J connectivity index is 2.09. The molecule has 2 aromatic rings. The summed E-state index contributed by atoms with van der Waals surface area (Å²) >= 11 is 7.29. The molecule has 0 unspecified atom stereocenters. The number of halogens is 1. The van der Waals surface area contributed by atoms with Gasteiger partial charge in [0.1, 0.15) is 0 Å². The summed E-state index contributed by atoms with van der Waals surface area (Å²) < 4.78 is 1.77. The van der Waals surface area contributed by atoms with Crippen LogP contribution >= 0.6 is 22.9 Å². The van der Waals surface area contributed by atoms with Gasteiger partial charge in [-0.25, -0.2) is 4.98 Å². The Morgan fingerprint density at radius 2 is 2.29 bits per heavy atom. The van der Waals surface area contributed by atoms with Crippen LogP contribution in [0.15, 0.2) is 28.4 Å². The van der Waals surface area contributed by atoms with Gasteiger partial charge >= 0.3 is 0 Å². The molecule has 17 heavy (non-hydrogen) atoms. The molecule has 0 saturated carbocycles. The molecule has 3 nitrogen and oxygen atoms in total. The molecular formula is C12H13ClN2OS. The van der Waals surface area contributed by atoms with Gasteiger partial charge in [-0.1, -0.05) is 6.07 Å². The van der Waals surface area contributed by atoms with Gasteiger partial charge in [-0.3, -0.25) is 4.79 Å². The van der Waals surface area contributed by atoms with Gasteiger partial charge in [-0.15, -0.1) is 22.9 Å². The summed E-state index contributed by atoms with van der Waals surface area (Å²) in [6.07, 6.45) is 0.770. The van der Waals surface area contributed by atoms with E-state index in [1.807, 2.05) is 18.4 Å². The molecule has 0 aliphatic heterocycles. The van der Waals surface area contributed by atoms with Gasteiger partial charge < -0.3 is 4.57 Å². The van der Waals surface area contributed by atoms with Crippen LogP contribution in [0.25, 0.3) is 0 Å². The number of pyridine rings is 1. The van der Waals surface area contributed by atoms with Crippen LogP contribution in [0.1, 0.15) is 16.4 Å². The van der Waals surface area contributed by atoms with Crippen LogP contribution in [0.2, 0.25) is 0 Å². The first-order chi connectivity index (χ1) is 8.20. The lowest BCUT2D eigenvalue weighted by molar-refractivity contribution is 0.647. The van der Waals surface area contributed by atoms with Crippen molar-refractivity contribution in [2.75, 3.05) is 0 Å². The minimum Gasteiger partial charge on any atom is -0.313 e. The smallest absolute Gasteiger partial charge is 0.250 e. The number of thiazole rings is 1. The molecule has 0 saturated heterocycles. The highest BCUT2D eigenvalue weighted by atomic mass is 35.5. The first-order valence-electron chi connectivity index (χ1n) is 5.36. The van der Waals surface area contributed by atoms with E-state index in [9.17, 15) is 4.79 Å². The maximum atomic E-state index is 11.6. The van der Waals surface area contributed by atoms with Crippen molar-refractivity contribution in [3.63, 3.8) is 0 Å². The molecule has 0 atom stereocenters. The van der Waals surface area contributed by atoms with E-state index in [1.54, 1.807) is 28.0 Å². The maximum absolute atomic E-state index is 11.6. The summed E-state index contributed by atoms with van der Waals surface area (Å²) in [4.78, 5) is 16.0. The molecule has 90 valence electrons. The molecule has 0 aliphatic carbocycles. The summed E-state index contributed by atoms with van der Waals surface area (Å²) in [6.45, 7) is 2.61. The summed E-state index contributed by atoms with van der Waals surface area (Å²) in [6, 6.07) is 5.30. The summed E-state index contributed by atoms with van der Waals surface area (Å²) in [5.41, 5.74) is 1.93. The minimum atomic E-state index is 0.0409. The lowest BCUT2D eigenvalue weighted by Crippen LogP contribution is -2.21. The topological polar surface area (TPSA) is 34.9 Å². The highest BCUT2D eigenvalue weighted by molar-refractivity contribution is 7.09. The molecule has 2 heterocycles. The normalized spacial score (nSPS) is 10.7. The predicted molar refractivity (Wildman–Crippen MR) is 70.8 cm³/mol. The van der Waals surface area contributed by atoms with E-state index in [0.29, 0.717) is 12.4 Å². The van der Waals surface area contributed by atoms with E-state index in [0.717, 1.165) is 22.8 Å². The van der Waals surface area contributed by atoms with Crippen LogP contribution < -0.4 is 5.56 Å². The van der Waals surface area contributed by atoms with Gasteiger partial charge in [0, 0.05) is 30.1 Å². The monoisotopic (exact) mass is 268 g/mol. The standard InChI is InChI=1S/C12H13ClN2OS/c1-9-3-2-4-12(16)15(9)6-5-11-14-10(7-13)8-17-11/h2-4,8H,5-7H2,1H3. The predicted octanol–water partition coefficient (Wildman–Crippen LogP) is 2.59. The Morgan fingerprint density at radius 1 is 1.47 bits per heavy atom. The first-order valence-corrected chi connectivity index (χ1v) is 6.78. The third-order valence-corrected chi connectivity index (χ3v) is 3.78. The average Bonchev–Trinajstić information content (AvgIpc) is 2.76. The second kappa shape index (κ2) is 5.47. The van der Waals surface area contributed by atoms with E-state index in [-0.39, 0.29) is 5.56 Å². The summed E-state index contributed by atoms with van der Waals surface area (Å²) in [5.74, 6) is 0.445. The molecule has 0 aromatic carbocycles. The Morgan fingerprint density at radius 3 is 2.94 bits per heavy atom. The molecule has 0 aliphatic rings. The van der Waals surface area contributed by atoms with Crippen molar-refractivity contribution in [3.8, 4) is 0 Å². The van der Waals surface area contributed by atoms with Gasteiger partial charge in [-0.05, 0) is 13.0 Å². The number of aryl methyl sites for hydroxylation is 2. The summed E-state index contributed by atoms with van der Waals surface area (Å²) in [7, 11) is 0. The van der Waals surface area contributed by atoms with Gasteiger partial charge in [-0.2, -0.15) is 0 Å². The zero-order valence-electron chi connectivity index (χ0n) is 9.52. The van der Waals surface area contributed by atoms with Gasteiger partial charge in [0.15, 0.2) is 0 Å². The number of hydrogen-bond donors (Lipinski definition) is 0. The fourth-order valence-electron chi connectivity index (χ4n) is 1.64. The fraction of sp³-hybridized carbons (Fsp3) is 0.333. The van der Waals surface area contributed by atoms with Crippen molar-refractivity contribution < 1.29 is 0 Å². The Labute approximate surface area is 109 Å². The highest BCUT2D eigenvalue weighted by Crippen LogP contribution is 2.12. The number of hydrogen-bond acceptors (Lipinski definition) is 3. The van der Waals surface area contributed by atoms with Crippen LogP contribution in [-0.4, -0.2) is 9.55 Å². The molecule has 2 rings (SSSR count). The van der Waals surface area contributed by atoms with Crippen LogP contribution in [-0.2, 0) is 18.8 Å². The zero-order chi connectivity index (χ0) is 12.3. The summed E-state index contributed by atoms with van der Waals surface area (Å²) in [5, 5.41) is 2.99. The average molecular weight is 269 g/mol. The Hall–Kier alpha value is -1.13. The van der Waals surface area contributed by atoms with E-state index in [1.165, 1.54) is 0 Å². The van der Waals surface area contributed by atoms with E-state index in [4.69, 9.17) is 11.6 Å². The third-order valence-electron chi connectivity index (χ3n) is 2.55. The SMILES string of the molecule is Cc1cccc(=O)n1CCc1nc(CCl)cs1. The van der Waals surface area contributed by atoms with Gasteiger partial charge in [0.05, 0.1) is 16.6 Å².